The van der Waals surface area contributed by atoms with Crippen LogP contribution in [0.1, 0.15) is 6.42 Å². The Kier molecular flexibility index (Phi) is 2.45. The lowest BCUT2D eigenvalue weighted by atomic mass is 10.2. The number of aliphatic hydroxyl groups is 1. The van der Waals surface area contributed by atoms with Crippen LogP contribution in [0.2, 0.25) is 0 Å². The Labute approximate surface area is 55.5 Å². The van der Waals surface area contributed by atoms with Gasteiger partial charge in [0.2, 0.25) is 0 Å². The van der Waals surface area contributed by atoms with E-state index in [4.69, 9.17) is 5.11 Å². The molecule has 3 nitrogen and oxygen atoms in total. The summed E-state index contributed by atoms with van der Waals surface area (Å²) < 4.78 is 0. The van der Waals surface area contributed by atoms with Gasteiger partial charge in [-0.15, -0.1) is 0 Å². The standard InChI is InChI=1S/C6H14N2O/c1-7-5-2-6(4-9)8-3-5/h5-9H,2-4H2,1H3/t5-,6?/m1/s1. The van der Waals surface area contributed by atoms with Crippen LogP contribution in [0.5, 0.6) is 0 Å². The Balaban J connectivity index is 2.20. The van der Waals surface area contributed by atoms with Crippen LogP contribution in [0.4, 0.5) is 0 Å². The Morgan fingerprint density at radius 3 is 2.89 bits per heavy atom. The van der Waals surface area contributed by atoms with Crippen LogP contribution in [-0.4, -0.2) is 37.4 Å². The molecule has 3 N–H and O–H groups in total. The molecule has 0 aromatic carbocycles. The van der Waals surface area contributed by atoms with Crippen LogP contribution < -0.4 is 10.6 Å². The maximum absolute atomic E-state index is 8.69. The van der Waals surface area contributed by atoms with Crippen LogP contribution in [0, 0.1) is 0 Å². The van der Waals surface area contributed by atoms with E-state index in [2.05, 4.69) is 10.6 Å². The molecule has 0 aromatic heterocycles. The van der Waals surface area contributed by atoms with E-state index in [1.807, 2.05) is 7.05 Å². The smallest absolute Gasteiger partial charge is 0.0585 e. The molecular weight excluding hydrogens is 116 g/mol. The summed E-state index contributed by atoms with van der Waals surface area (Å²) in [5.74, 6) is 0. The van der Waals surface area contributed by atoms with Crippen molar-refractivity contribution in [3.8, 4) is 0 Å². The lowest BCUT2D eigenvalue weighted by molar-refractivity contribution is 0.254. The van der Waals surface area contributed by atoms with E-state index in [1.54, 1.807) is 0 Å². The van der Waals surface area contributed by atoms with Gasteiger partial charge in [-0.1, -0.05) is 0 Å². The zero-order valence-corrected chi connectivity index (χ0v) is 5.72. The van der Waals surface area contributed by atoms with E-state index < -0.39 is 0 Å². The summed E-state index contributed by atoms with van der Waals surface area (Å²) in [6, 6.07) is 0.879. The number of hydrogen-bond donors (Lipinski definition) is 3. The molecule has 0 saturated carbocycles. The van der Waals surface area contributed by atoms with Gasteiger partial charge in [-0.05, 0) is 13.5 Å². The fourth-order valence-electron chi connectivity index (χ4n) is 1.18. The first kappa shape index (κ1) is 6.99. The van der Waals surface area contributed by atoms with Crippen LogP contribution in [0.15, 0.2) is 0 Å². The van der Waals surface area contributed by atoms with E-state index in [-0.39, 0.29) is 6.61 Å². The van der Waals surface area contributed by atoms with Crippen molar-refractivity contribution in [1.82, 2.24) is 10.6 Å². The van der Waals surface area contributed by atoms with Gasteiger partial charge in [-0.2, -0.15) is 0 Å². The molecule has 1 fully saturated rings. The number of hydrogen-bond acceptors (Lipinski definition) is 3. The minimum atomic E-state index is 0.262. The van der Waals surface area contributed by atoms with E-state index >= 15 is 0 Å². The number of likely N-dealkylation sites (N-methyl/N-ethyl adjacent to an activating group) is 1. The van der Waals surface area contributed by atoms with Crippen molar-refractivity contribution in [1.29, 1.82) is 0 Å². The quantitative estimate of drug-likeness (QED) is 0.446. The van der Waals surface area contributed by atoms with Gasteiger partial charge in [-0.3, -0.25) is 0 Å². The highest BCUT2D eigenvalue weighted by atomic mass is 16.3. The fraction of sp³-hybridized carbons (Fsp3) is 1.00. The van der Waals surface area contributed by atoms with Crippen molar-refractivity contribution in [3.63, 3.8) is 0 Å². The van der Waals surface area contributed by atoms with E-state index in [9.17, 15) is 0 Å². The summed E-state index contributed by atoms with van der Waals surface area (Å²) in [5.41, 5.74) is 0. The van der Waals surface area contributed by atoms with Crippen molar-refractivity contribution in [2.45, 2.75) is 18.5 Å². The molecule has 1 rings (SSSR count). The van der Waals surface area contributed by atoms with Gasteiger partial charge < -0.3 is 15.7 Å². The lowest BCUT2D eigenvalue weighted by Gasteiger charge is -2.05. The van der Waals surface area contributed by atoms with E-state index in [0.29, 0.717) is 12.1 Å². The van der Waals surface area contributed by atoms with Crippen molar-refractivity contribution in [2.75, 3.05) is 20.2 Å². The number of nitrogens with one attached hydrogen (secondary N) is 2. The second-order valence-corrected chi connectivity index (χ2v) is 2.51. The third-order valence-corrected chi connectivity index (χ3v) is 1.85. The third kappa shape index (κ3) is 1.64. The highest BCUT2D eigenvalue weighted by molar-refractivity contribution is 4.84. The summed E-state index contributed by atoms with van der Waals surface area (Å²) in [7, 11) is 1.95. The van der Waals surface area contributed by atoms with Crippen LogP contribution in [0.3, 0.4) is 0 Å². The molecule has 1 heterocycles. The number of aliphatic hydroxyl groups excluding tert-OH is 1. The average Bonchev–Trinajstić information content (AvgIpc) is 2.34. The fourth-order valence-corrected chi connectivity index (χ4v) is 1.18. The maximum atomic E-state index is 8.69. The zero-order valence-electron chi connectivity index (χ0n) is 5.72. The van der Waals surface area contributed by atoms with Gasteiger partial charge >= 0.3 is 0 Å². The van der Waals surface area contributed by atoms with Crippen LogP contribution in [0.25, 0.3) is 0 Å². The zero-order chi connectivity index (χ0) is 6.69. The molecule has 0 bridgehead atoms. The molecule has 54 valence electrons. The van der Waals surface area contributed by atoms with E-state index in [1.165, 1.54) is 0 Å². The van der Waals surface area contributed by atoms with Gasteiger partial charge in [-0.25, -0.2) is 0 Å². The second-order valence-electron chi connectivity index (χ2n) is 2.51. The van der Waals surface area contributed by atoms with Crippen molar-refractivity contribution in [2.24, 2.45) is 0 Å². The van der Waals surface area contributed by atoms with Gasteiger partial charge in [0, 0.05) is 18.6 Å². The Morgan fingerprint density at radius 2 is 2.56 bits per heavy atom. The average molecular weight is 130 g/mol. The molecule has 1 aliphatic rings. The Hall–Kier alpha value is -0.120. The highest BCUT2D eigenvalue weighted by Gasteiger charge is 2.20. The molecule has 1 saturated heterocycles. The molecule has 0 aliphatic carbocycles. The second kappa shape index (κ2) is 3.15. The molecule has 0 amide bonds. The number of rotatable bonds is 2. The Bertz CT molecular complexity index is 77.1. The first-order valence-electron chi connectivity index (χ1n) is 3.38. The molecular formula is C6H14N2O. The van der Waals surface area contributed by atoms with Crippen LogP contribution in [-0.2, 0) is 0 Å². The normalized spacial score (nSPS) is 35.3. The summed E-state index contributed by atoms with van der Waals surface area (Å²) in [5, 5.41) is 15.0. The largest absolute Gasteiger partial charge is 0.395 e. The van der Waals surface area contributed by atoms with Crippen molar-refractivity contribution < 1.29 is 5.11 Å². The lowest BCUT2D eigenvalue weighted by Crippen LogP contribution is -2.27. The van der Waals surface area contributed by atoms with Gasteiger partial charge in [0.1, 0.15) is 0 Å². The van der Waals surface area contributed by atoms with Gasteiger partial charge in [0.15, 0.2) is 0 Å². The predicted molar refractivity (Wildman–Crippen MR) is 36.3 cm³/mol. The summed E-state index contributed by atoms with van der Waals surface area (Å²) in [6.45, 7) is 1.25. The molecule has 9 heavy (non-hydrogen) atoms. The van der Waals surface area contributed by atoms with Crippen molar-refractivity contribution >= 4 is 0 Å². The summed E-state index contributed by atoms with van der Waals surface area (Å²) >= 11 is 0. The van der Waals surface area contributed by atoms with Crippen molar-refractivity contribution in [3.05, 3.63) is 0 Å². The molecule has 0 radical (unpaired) electrons. The Morgan fingerprint density at radius 1 is 1.78 bits per heavy atom. The first-order valence-corrected chi connectivity index (χ1v) is 3.38. The van der Waals surface area contributed by atoms with Crippen LogP contribution >= 0.6 is 0 Å². The molecule has 0 spiro atoms. The minimum Gasteiger partial charge on any atom is -0.395 e. The van der Waals surface area contributed by atoms with Gasteiger partial charge in [0.05, 0.1) is 6.61 Å². The molecule has 3 heteroatoms. The third-order valence-electron chi connectivity index (χ3n) is 1.85. The first-order chi connectivity index (χ1) is 4.36. The minimum absolute atomic E-state index is 0.262. The van der Waals surface area contributed by atoms with Gasteiger partial charge in [0.25, 0.3) is 0 Å². The SMILES string of the molecule is CN[C@H]1CNC(CO)C1. The molecule has 0 aromatic rings. The molecule has 1 aliphatic heterocycles. The molecule has 2 atom stereocenters. The van der Waals surface area contributed by atoms with E-state index in [0.717, 1.165) is 13.0 Å². The summed E-state index contributed by atoms with van der Waals surface area (Å²) in [4.78, 5) is 0. The molecule has 1 unspecified atom stereocenters. The summed E-state index contributed by atoms with van der Waals surface area (Å²) in [6.07, 6.45) is 1.05. The monoisotopic (exact) mass is 130 g/mol. The maximum Gasteiger partial charge on any atom is 0.0585 e. The topological polar surface area (TPSA) is 44.3 Å². The highest BCUT2D eigenvalue weighted by Crippen LogP contribution is 2.04. The predicted octanol–water partition coefficient (Wildman–Crippen LogP) is -1.07.